The summed E-state index contributed by atoms with van der Waals surface area (Å²) in [5, 5.41) is 8.39. The zero-order chi connectivity index (χ0) is 20.5. The van der Waals surface area contributed by atoms with E-state index in [4.69, 9.17) is 9.47 Å². The summed E-state index contributed by atoms with van der Waals surface area (Å²) in [6.45, 7) is 8.99. The number of nitrogens with zero attached hydrogens (tertiary/aromatic N) is 1. The van der Waals surface area contributed by atoms with E-state index in [1.54, 1.807) is 18.9 Å². The Labute approximate surface area is 162 Å². The van der Waals surface area contributed by atoms with Crippen LogP contribution < -0.4 is 16.0 Å². The predicted molar refractivity (Wildman–Crippen MR) is 103 cm³/mol. The van der Waals surface area contributed by atoms with Crippen molar-refractivity contribution in [2.24, 2.45) is 0 Å². The Morgan fingerprint density at radius 3 is 2.15 bits per heavy atom. The third kappa shape index (κ3) is 15.1. The minimum Gasteiger partial charge on any atom is -0.379 e. The minimum absolute atomic E-state index is 0.00290. The van der Waals surface area contributed by atoms with E-state index in [0.717, 1.165) is 0 Å². The van der Waals surface area contributed by atoms with Crippen LogP contribution in [0, 0.1) is 0 Å². The van der Waals surface area contributed by atoms with E-state index >= 15 is 0 Å². The number of carbonyl (C=O) groups excluding carboxylic acids is 3. The summed E-state index contributed by atoms with van der Waals surface area (Å²) >= 11 is 0. The Morgan fingerprint density at radius 2 is 1.52 bits per heavy atom. The fourth-order valence-electron chi connectivity index (χ4n) is 1.89. The van der Waals surface area contributed by atoms with E-state index < -0.39 is 0 Å². The zero-order valence-corrected chi connectivity index (χ0v) is 17.1. The Morgan fingerprint density at radius 1 is 0.889 bits per heavy atom. The molecule has 9 heteroatoms. The molecule has 158 valence electrons. The second-order valence-electron chi connectivity index (χ2n) is 6.30. The van der Waals surface area contributed by atoms with Crippen molar-refractivity contribution in [1.29, 1.82) is 0 Å². The highest BCUT2D eigenvalue weighted by molar-refractivity contribution is 5.78. The summed E-state index contributed by atoms with van der Waals surface area (Å²) in [4.78, 5) is 36.0. The average Bonchev–Trinajstić information content (AvgIpc) is 2.65. The highest BCUT2D eigenvalue weighted by atomic mass is 16.5. The van der Waals surface area contributed by atoms with Crippen molar-refractivity contribution in [3.63, 3.8) is 0 Å². The van der Waals surface area contributed by atoms with Crippen LogP contribution in [0.1, 0.15) is 33.6 Å². The summed E-state index contributed by atoms with van der Waals surface area (Å²) in [7, 11) is 1.78. The maximum absolute atomic E-state index is 11.7. The Balaban J connectivity index is 3.38. The third-order valence-corrected chi connectivity index (χ3v) is 3.80. The first-order valence-electron chi connectivity index (χ1n) is 9.53. The molecule has 9 nitrogen and oxygen atoms in total. The topological polar surface area (TPSA) is 109 Å². The fourth-order valence-corrected chi connectivity index (χ4v) is 1.89. The van der Waals surface area contributed by atoms with Crippen LogP contribution in [0.5, 0.6) is 0 Å². The second-order valence-corrected chi connectivity index (χ2v) is 6.30. The standard InChI is InChI=1S/C18H36N4O5/c1-5-16(23)20-8-7-19-14-17(24)21-9-11-27-13-12-26-10-6-18(25)22(4)15(2)3/h15,19H,5-14H2,1-4H3,(H,20,23)(H,21,24). The molecule has 0 saturated heterocycles. The van der Waals surface area contributed by atoms with Gasteiger partial charge >= 0.3 is 0 Å². The van der Waals surface area contributed by atoms with Gasteiger partial charge in [-0.3, -0.25) is 14.4 Å². The number of ether oxygens (including phenoxy) is 2. The zero-order valence-electron chi connectivity index (χ0n) is 17.1. The van der Waals surface area contributed by atoms with E-state index in [-0.39, 0.29) is 30.3 Å². The van der Waals surface area contributed by atoms with Crippen LogP contribution in [-0.4, -0.2) is 88.3 Å². The summed E-state index contributed by atoms with van der Waals surface area (Å²) in [5.41, 5.74) is 0. The van der Waals surface area contributed by atoms with Gasteiger partial charge in [-0.2, -0.15) is 0 Å². The van der Waals surface area contributed by atoms with Crippen molar-refractivity contribution in [2.45, 2.75) is 39.7 Å². The highest BCUT2D eigenvalue weighted by Crippen LogP contribution is 1.97. The fraction of sp³-hybridized carbons (Fsp3) is 0.833. The molecule has 0 atom stereocenters. The third-order valence-electron chi connectivity index (χ3n) is 3.80. The van der Waals surface area contributed by atoms with Crippen molar-refractivity contribution in [2.75, 3.05) is 59.7 Å². The quantitative estimate of drug-likeness (QED) is 0.308. The monoisotopic (exact) mass is 388 g/mol. The Kier molecular flexibility index (Phi) is 15.4. The first-order chi connectivity index (χ1) is 12.9. The lowest BCUT2D eigenvalue weighted by atomic mass is 10.3. The first-order valence-corrected chi connectivity index (χ1v) is 9.53. The van der Waals surface area contributed by atoms with Gasteiger partial charge < -0.3 is 30.3 Å². The number of hydrogen-bond acceptors (Lipinski definition) is 6. The number of nitrogens with one attached hydrogen (secondary N) is 3. The van der Waals surface area contributed by atoms with Crippen molar-refractivity contribution < 1.29 is 23.9 Å². The smallest absolute Gasteiger partial charge is 0.234 e. The van der Waals surface area contributed by atoms with Crippen LogP contribution in [0.2, 0.25) is 0 Å². The van der Waals surface area contributed by atoms with Crippen LogP contribution >= 0.6 is 0 Å². The first kappa shape index (κ1) is 25.3. The van der Waals surface area contributed by atoms with Crippen molar-refractivity contribution in [3.05, 3.63) is 0 Å². The van der Waals surface area contributed by atoms with Gasteiger partial charge in [-0.05, 0) is 13.8 Å². The SMILES string of the molecule is CCC(=O)NCCNCC(=O)NCCOCCOCCC(=O)N(C)C(C)C. The molecule has 0 aromatic carbocycles. The largest absolute Gasteiger partial charge is 0.379 e. The molecule has 27 heavy (non-hydrogen) atoms. The Bertz CT molecular complexity index is 432. The summed E-state index contributed by atoms with van der Waals surface area (Å²) in [5.74, 6) is -0.0590. The molecule has 0 rings (SSSR count). The predicted octanol–water partition coefficient (Wildman–Crippen LogP) is -0.491. The molecule has 0 fully saturated rings. The maximum Gasteiger partial charge on any atom is 0.234 e. The van der Waals surface area contributed by atoms with E-state index in [1.165, 1.54) is 0 Å². The molecule has 3 amide bonds. The minimum atomic E-state index is -0.121. The van der Waals surface area contributed by atoms with Gasteiger partial charge in [-0.1, -0.05) is 6.92 Å². The van der Waals surface area contributed by atoms with Gasteiger partial charge in [0.05, 0.1) is 39.4 Å². The van der Waals surface area contributed by atoms with Crippen molar-refractivity contribution in [1.82, 2.24) is 20.9 Å². The number of carbonyl (C=O) groups is 3. The molecule has 0 aromatic heterocycles. The van der Waals surface area contributed by atoms with Gasteiger partial charge in [0.15, 0.2) is 0 Å². The van der Waals surface area contributed by atoms with Crippen LogP contribution in [0.4, 0.5) is 0 Å². The molecule has 0 bridgehead atoms. The summed E-state index contributed by atoms with van der Waals surface area (Å²) < 4.78 is 10.7. The molecule has 0 heterocycles. The molecular formula is C18H36N4O5. The Hall–Kier alpha value is -1.71. The van der Waals surface area contributed by atoms with Gasteiger partial charge in [-0.15, -0.1) is 0 Å². The molecule has 0 saturated carbocycles. The van der Waals surface area contributed by atoms with Crippen LogP contribution in [0.15, 0.2) is 0 Å². The van der Waals surface area contributed by atoms with Gasteiger partial charge in [-0.25, -0.2) is 0 Å². The maximum atomic E-state index is 11.7. The molecular weight excluding hydrogens is 352 g/mol. The molecule has 3 N–H and O–H groups in total. The van der Waals surface area contributed by atoms with E-state index in [9.17, 15) is 14.4 Å². The lowest BCUT2D eigenvalue weighted by Crippen LogP contribution is -2.39. The number of amides is 3. The van der Waals surface area contributed by atoms with Crippen LogP contribution in [-0.2, 0) is 23.9 Å². The molecule has 0 spiro atoms. The van der Waals surface area contributed by atoms with E-state index in [1.807, 2.05) is 13.8 Å². The van der Waals surface area contributed by atoms with Crippen molar-refractivity contribution in [3.8, 4) is 0 Å². The normalized spacial score (nSPS) is 10.7. The molecule has 0 radical (unpaired) electrons. The van der Waals surface area contributed by atoms with Gasteiger partial charge in [0.2, 0.25) is 17.7 Å². The van der Waals surface area contributed by atoms with Crippen LogP contribution in [0.3, 0.4) is 0 Å². The second kappa shape index (κ2) is 16.5. The number of hydrogen-bond donors (Lipinski definition) is 3. The van der Waals surface area contributed by atoms with E-state index in [0.29, 0.717) is 58.9 Å². The van der Waals surface area contributed by atoms with Gasteiger partial charge in [0.25, 0.3) is 0 Å². The summed E-state index contributed by atoms with van der Waals surface area (Å²) in [6.07, 6.45) is 0.818. The van der Waals surface area contributed by atoms with Crippen LogP contribution in [0.25, 0.3) is 0 Å². The lowest BCUT2D eigenvalue weighted by molar-refractivity contribution is -0.132. The molecule has 0 aliphatic carbocycles. The molecule has 0 aliphatic heterocycles. The van der Waals surface area contributed by atoms with Crippen molar-refractivity contribution >= 4 is 17.7 Å². The van der Waals surface area contributed by atoms with Gasteiger partial charge in [0.1, 0.15) is 0 Å². The van der Waals surface area contributed by atoms with E-state index in [2.05, 4.69) is 16.0 Å². The lowest BCUT2D eigenvalue weighted by Gasteiger charge is -2.21. The number of rotatable bonds is 16. The highest BCUT2D eigenvalue weighted by Gasteiger charge is 2.10. The molecule has 0 aliphatic rings. The van der Waals surface area contributed by atoms with Gasteiger partial charge in [0, 0.05) is 39.1 Å². The molecule has 0 aromatic rings. The summed E-state index contributed by atoms with van der Waals surface area (Å²) in [6, 6.07) is 0.188. The average molecular weight is 389 g/mol. The molecule has 0 unspecified atom stereocenters.